The minimum absolute atomic E-state index is 0.0306. The number of benzene rings is 2. The molecule has 2 unspecified atom stereocenters. The number of rotatable bonds is 5. The molecule has 0 fully saturated rings. The van der Waals surface area contributed by atoms with Gasteiger partial charge >= 0.3 is 0 Å². The second kappa shape index (κ2) is 7.11. The topological polar surface area (TPSA) is 17.1 Å². The molecular formula is C18H18Cl2O. The third kappa shape index (κ3) is 3.66. The van der Waals surface area contributed by atoms with Crippen molar-refractivity contribution in [2.45, 2.75) is 26.2 Å². The summed E-state index contributed by atoms with van der Waals surface area (Å²) in [4.78, 5) is 13.0. The lowest BCUT2D eigenvalue weighted by molar-refractivity contribution is 0.0932. The van der Waals surface area contributed by atoms with Gasteiger partial charge in [-0.05, 0) is 29.7 Å². The van der Waals surface area contributed by atoms with Crippen LogP contribution in [-0.2, 0) is 0 Å². The van der Waals surface area contributed by atoms with Crippen molar-refractivity contribution in [2.75, 3.05) is 0 Å². The lowest BCUT2D eigenvalue weighted by atomic mass is 9.80. The van der Waals surface area contributed by atoms with E-state index in [1.807, 2.05) is 30.3 Å². The van der Waals surface area contributed by atoms with Crippen LogP contribution in [0.2, 0.25) is 10.0 Å². The maximum Gasteiger partial charge on any atom is 0.172 e. The summed E-state index contributed by atoms with van der Waals surface area (Å²) < 4.78 is 0. The Morgan fingerprint density at radius 2 is 1.76 bits per heavy atom. The monoisotopic (exact) mass is 320 g/mol. The first-order valence-corrected chi connectivity index (χ1v) is 7.84. The molecule has 0 aromatic heterocycles. The van der Waals surface area contributed by atoms with Crippen LogP contribution in [0.1, 0.15) is 42.1 Å². The Hall–Kier alpha value is -1.31. The quantitative estimate of drug-likeness (QED) is 0.617. The standard InChI is InChI=1S/C18H18Cl2O/c1-3-12(2)17(13-7-5-4-6-8-13)18(21)15-11-14(19)9-10-16(15)20/h4-12,17H,3H2,1-2H3. The van der Waals surface area contributed by atoms with Crippen molar-refractivity contribution in [3.63, 3.8) is 0 Å². The van der Waals surface area contributed by atoms with Gasteiger partial charge in [0.1, 0.15) is 0 Å². The zero-order valence-electron chi connectivity index (χ0n) is 12.1. The molecule has 0 saturated heterocycles. The molecule has 0 aliphatic heterocycles. The molecule has 0 spiro atoms. The van der Waals surface area contributed by atoms with E-state index >= 15 is 0 Å². The second-order valence-electron chi connectivity index (χ2n) is 5.26. The lowest BCUT2D eigenvalue weighted by Gasteiger charge is -2.23. The highest BCUT2D eigenvalue weighted by Gasteiger charge is 2.28. The lowest BCUT2D eigenvalue weighted by Crippen LogP contribution is -2.20. The maximum atomic E-state index is 13.0. The summed E-state index contributed by atoms with van der Waals surface area (Å²) in [6, 6.07) is 14.9. The van der Waals surface area contributed by atoms with Gasteiger partial charge in [-0.1, -0.05) is 73.8 Å². The zero-order chi connectivity index (χ0) is 15.4. The van der Waals surface area contributed by atoms with Gasteiger partial charge in [-0.2, -0.15) is 0 Å². The third-order valence-electron chi connectivity index (χ3n) is 3.85. The molecule has 1 nitrogen and oxygen atoms in total. The first-order chi connectivity index (χ1) is 10.0. The smallest absolute Gasteiger partial charge is 0.172 e. The minimum atomic E-state index is -0.202. The van der Waals surface area contributed by atoms with E-state index in [9.17, 15) is 4.79 Å². The molecule has 0 aliphatic carbocycles. The molecule has 3 heteroatoms. The molecule has 21 heavy (non-hydrogen) atoms. The van der Waals surface area contributed by atoms with Gasteiger partial charge in [-0.3, -0.25) is 4.79 Å². The number of carbonyl (C=O) groups excluding carboxylic acids is 1. The van der Waals surface area contributed by atoms with Gasteiger partial charge in [0, 0.05) is 16.5 Å². The van der Waals surface area contributed by atoms with E-state index in [1.165, 1.54) is 0 Å². The van der Waals surface area contributed by atoms with Crippen LogP contribution in [0, 0.1) is 5.92 Å². The Bertz CT molecular complexity index is 622. The number of carbonyl (C=O) groups is 1. The van der Waals surface area contributed by atoms with E-state index in [1.54, 1.807) is 18.2 Å². The average molecular weight is 321 g/mol. The van der Waals surface area contributed by atoms with Crippen molar-refractivity contribution in [1.82, 2.24) is 0 Å². The highest BCUT2D eigenvalue weighted by atomic mass is 35.5. The van der Waals surface area contributed by atoms with E-state index in [0.717, 1.165) is 12.0 Å². The summed E-state index contributed by atoms with van der Waals surface area (Å²) in [5.74, 6) is 0.0603. The molecule has 0 amide bonds. The first-order valence-electron chi connectivity index (χ1n) is 7.08. The average Bonchev–Trinajstić information content (AvgIpc) is 2.50. The summed E-state index contributed by atoms with van der Waals surface area (Å²) >= 11 is 12.2. The van der Waals surface area contributed by atoms with Crippen LogP contribution in [0.4, 0.5) is 0 Å². The molecule has 2 atom stereocenters. The van der Waals surface area contributed by atoms with E-state index < -0.39 is 0 Å². The number of ketones is 1. The van der Waals surface area contributed by atoms with Crippen LogP contribution < -0.4 is 0 Å². The number of hydrogen-bond acceptors (Lipinski definition) is 1. The molecule has 0 heterocycles. The van der Waals surface area contributed by atoms with Gasteiger partial charge in [0.2, 0.25) is 0 Å². The van der Waals surface area contributed by atoms with Crippen LogP contribution in [0.25, 0.3) is 0 Å². The van der Waals surface area contributed by atoms with Gasteiger partial charge < -0.3 is 0 Å². The van der Waals surface area contributed by atoms with Gasteiger partial charge in [0.25, 0.3) is 0 Å². The van der Waals surface area contributed by atoms with Crippen LogP contribution in [0.15, 0.2) is 48.5 Å². The van der Waals surface area contributed by atoms with E-state index in [2.05, 4.69) is 13.8 Å². The van der Waals surface area contributed by atoms with Crippen LogP contribution in [0.5, 0.6) is 0 Å². The third-order valence-corrected chi connectivity index (χ3v) is 4.41. The number of Topliss-reactive ketones (excluding diaryl/α,β-unsaturated/α-hetero) is 1. The molecule has 0 radical (unpaired) electrons. The number of halogens is 2. The van der Waals surface area contributed by atoms with Gasteiger partial charge in [-0.25, -0.2) is 0 Å². The van der Waals surface area contributed by atoms with E-state index in [4.69, 9.17) is 23.2 Å². The summed E-state index contributed by atoms with van der Waals surface area (Å²) in [6.07, 6.45) is 0.920. The minimum Gasteiger partial charge on any atom is -0.293 e. The summed E-state index contributed by atoms with van der Waals surface area (Å²) in [6.45, 7) is 4.18. The Labute approximate surface area is 135 Å². The van der Waals surface area contributed by atoms with Crippen LogP contribution in [0.3, 0.4) is 0 Å². The van der Waals surface area contributed by atoms with Crippen molar-refractivity contribution < 1.29 is 4.79 Å². The van der Waals surface area contributed by atoms with Crippen LogP contribution in [-0.4, -0.2) is 5.78 Å². The maximum absolute atomic E-state index is 13.0. The van der Waals surface area contributed by atoms with E-state index in [0.29, 0.717) is 15.6 Å². The molecule has 2 aromatic carbocycles. The predicted molar refractivity (Wildman–Crippen MR) is 89.4 cm³/mol. The van der Waals surface area contributed by atoms with Gasteiger partial charge in [-0.15, -0.1) is 0 Å². The molecule has 0 aliphatic rings. The fourth-order valence-electron chi connectivity index (χ4n) is 2.49. The molecule has 110 valence electrons. The van der Waals surface area contributed by atoms with Crippen molar-refractivity contribution in [3.05, 3.63) is 69.7 Å². The summed E-state index contributed by atoms with van der Waals surface area (Å²) in [5.41, 5.74) is 1.52. The SMILES string of the molecule is CCC(C)C(C(=O)c1cc(Cl)ccc1Cl)c1ccccc1. The summed E-state index contributed by atoms with van der Waals surface area (Å²) in [7, 11) is 0. The van der Waals surface area contributed by atoms with Crippen molar-refractivity contribution in [1.29, 1.82) is 0 Å². The highest BCUT2D eigenvalue weighted by molar-refractivity contribution is 6.36. The second-order valence-corrected chi connectivity index (χ2v) is 6.11. The predicted octanol–water partition coefficient (Wildman–Crippen LogP) is 6.01. The molecule has 0 saturated carbocycles. The molecular weight excluding hydrogens is 303 g/mol. The van der Waals surface area contributed by atoms with Crippen molar-refractivity contribution in [2.24, 2.45) is 5.92 Å². The largest absolute Gasteiger partial charge is 0.293 e. The normalized spacial score (nSPS) is 13.7. The Morgan fingerprint density at radius 1 is 1.10 bits per heavy atom. The highest BCUT2D eigenvalue weighted by Crippen LogP contribution is 2.33. The Balaban J connectivity index is 2.46. The van der Waals surface area contributed by atoms with Gasteiger partial charge in [0.05, 0.1) is 5.02 Å². The summed E-state index contributed by atoms with van der Waals surface area (Å²) in [5, 5.41) is 0.979. The molecule has 2 rings (SSSR count). The van der Waals surface area contributed by atoms with E-state index in [-0.39, 0.29) is 17.6 Å². The first kappa shape index (κ1) is 16.1. The van der Waals surface area contributed by atoms with Crippen LogP contribution >= 0.6 is 23.2 Å². The fourth-order valence-corrected chi connectivity index (χ4v) is 2.87. The van der Waals surface area contributed by atoms with Crippen molar-refractivity contribution >= 4 is 29.0 Å². The number of hydrogen-bond donors (Lipinski definition) is 0. The molecule has 2 aromatic rings. The van der Waals surface area contributed by atoms with Gasteiger partial charge in [0.15, 0.2) is 5.78 Å². The Kier molecular flexibility index (Phi) is 5.44. The zero-order valence-corrected chi connectivity index (χ0v) is 13.7. The molecule has 0 bridgehead atoms. The van der Waals surface area contributed by atoms with Crippen molar-refractivity contribution in [3.8, 4) is 0 Å². The molecule has 0 N–H and O–H groups in total. The Morgan fingerprint density at radius 3 is 2.38 bits per heavy atom. The fraction of sp³-hybridized carbons (Fsp3) is 0.278.